The van der Waals surface area contributed by atoms with Crippen molar-refractivity contribution in [3.8, 4) is 12.0 Å². The monoisotopic (exact) mass is 390 g/mol. The summed E-state index contributed by atoms with van der Waals surface area (Å²) < 4.78 is 44.9. The molecule has 2 aromatic rings. The second-order valence-corrected chi connectivity index (χ2v) is 7.31. The van der Waals surface area contributed by atoms with Gasteiger partial charge in [0.05, 0.1) is 36.7 Å². The van der Waals surface area contributed by atoms with E-state index in [4.69, 9.17) is 4.74 Å². The molecular weight excluding hydrogens is 373 g/mol. The number of hydrogen-bond acceptors (Lipinski definition) is 4. The molecule has 2 aliphatic heterocycles. The molecule has 0 aliphatic carbocycles. The van der Waals surface area contributed by atoms with Gasteiger partial charge in [0.1, 0.15) is 0 Å². The summed E-state index contributed by atoms with van der Waals surface area (Å²) in [6, 6.07) is 14.7. The first-order chi connectivity index (χ1) is 13.0. The molecule has 0 unspecified atom stereocenters. The van der Waals surface area contributed by atoms with E-state index in [-0.39, 0.29) is 0 Å². The number of nitrogens with zero attached hydrogens (tertiary/aromatic N) is 2. The lowest BCUT2D eigenvalue weighted by Gasteiger charge is -2.32. The van der Waals surface area contributed by atoms with Gasteiger partial charge in [-0.2, -0.15) is 13.2 Å². The number of alkyl halides is 3. The van der Waals surface area contributed by atoms with Crippen molar-refractivity contribution < 1.29 is 17.9 Å². The highest BCUT2D eigenvalue weighted by molar-refractivity contribution is 7.99. The number of morpholine rings is 1. The number of anilines is 2. The van der Waals surface area contributed by atoms with Crippen molar-refractivity contribution in [1.29, 1.82) is 0 Å². The minimum absolute atomic E-state index is 0.323. The SMILES string of the molecule is FC(F)(F)c1ccc2c(c1)N(CC#CN1CCOCC1)c1ccccc1S2. The Hall–Kier alpha value is -2.30. The molecule has 3 nitrogen and oxygen atoms in total. The first-order valence-corrected chi connectivity index (χ1v) is 9.41. The lowest BCUT2D eigenvalue weighted by Crippen LogP contribution is -2.32. The predicted octanol–water partition coefficient (Wildman–Crippen LogP) is 4.60. The van der Waals surface area contributed by atoms with Crippen molar-refractivity contribution in [2.75, 3.05) is 37.7 Å². The van der Waals surface area contributed by atoms with Crippen LogP contribution in [0, 0.1) is 12.0 Å². The maximum absolute atomic E-state index is 13.2. The zero-order valence-corrected chi connectivity index (χ0v) is 15.2. The Labute approximate surface area is 160 Å². The van der Waals surface area contributed by atoms with E-state index in [1.807, 2.05) is 34.1 Å². The molecule has 1 saturated heterocycles. The quantitative estimate of drug-likeness (QED) is 0.661. The predicted molar refractivity (Wildman–Crippen MR) is 99.2 cm³/mol. The molecule has 0 aromatic heterocycles. The Kier molecular flexibility index (Phi) is 4.94. The summed E-state index contributed by atoms with van der Waals surface area (Å²) in [6.45, 7) is 3.11. The highest BCUT2D eigenvalue weighted by atomic mass is 32.2. The number of rotatable bonds is 1. The Bertz CT molecular complexity index is 898. The highest BCUT2D eigenvalue weighted by Crippen LogP contribution is 2.49. The van der Waals surface area contributed by atoms with E-state index in [2.05, 4.69) is 12.0 Å². The van der Waals surface area contributed by atoms with Gasteiger partial charge < -0.3 is 14.5 Å². The van der Waals surface area contributed by atoms with Crippen molar-refractivity contribution in [2.24, 2.45) is 0 Å². The summed E-state index contributed by atoms with van der Waals surface area (Å²) in [5, 5.41) is 0. The van der Waals surface area contributed by atoms with E-state index in [1.165, 1.54) is 17.8 Å². The maximum Gasteiger partial charge on any atom is 0.416 e. The molecular formula is C20H17F3N2OS. The van der Waals surface area contributed by atoms with Gasteiger partial charge in [0.2, 0.25) is 0 Å². The third kappa shape index (κ3) is 3.87. The molecule has 2 aliphatic rings. The molecule has 0 amide bonds. The molecule has 2 aromatic carbocycles. The van der Waals surface area contributed by atoms with Crippen molar-refractivity contribution >= 4 is 23.1 Å². The van der Waals surface area contributed by atoms with E-state index in [0.717, 1.165) is 34.6 Å². The third-order valence-electron chi connectivity index (χ3n) is 4.44. The Balaban J connectivity index is 1.68. The molecule has 2 heterocycles. The molecule has 1 fully saturated rings. The largest absolute Gasteiger partial charge is 0.416 e. The Morgan fingerprint density at radius 1 is 1.00 bits per heavy atom. The van der Waals surface area contributed by atoms with Crippen LogP contribution in [0.2, 0.25) is 0 Å². The van der Waals surface area contributed by atoms with Gasteiger partial charge in [-0.25, -0.2) is 0 Å². The average molecular weight is 390 g/mol. The number of hydrogen-bond donors (Lipinski definition) is 0. The van der Waals surface area contributed by atoms with Crippen LogP contribution < -0.4 is 4.90 Å². The number of ether oxygens (including phenoxy) is 1. The lowest BCUT2D eigenvalue weighted by molar-refractivity contribution is -0.137. The molecule has 140 valence electrons. The second-order valence-electron chi connectivity index (χ2n) is 6.22. The van der Waals surface area contributed by atoms with Gasteiger partial charge in [-0.1, -0.05) is 29.8 Å². The van der Waals surface area contributed by atoms with Crippen LogP contribution in [0.15, 0.2) is 52.3 Å². The summed E-state index contributed by atoms with van der Waals surface area (Å²) in [4.78, 5) is 5.66. The van der Waals surface area contributed by atoms with Crippen LogP contribution in [-0.2, 0) is 10.9 Å². The summed E-state index contributed by atoms with van der Waals surface area (Å²) >= 11 is 1.48. The first-order valence-electron chi connectivity index (χ1n) is 8.59. The van der Waals surface area contributed by atoms with Gasteiger partial charge in [-0.05, 0) is 30.3 Å². The topological polar surface area (TPSA) is 15.7 Å². The molecule has 0 atom stereocenters. The van der Waals surface area contributed by atoms with Crippen LogP contribution in [0.25, 0.3) is 0 Å². The minimum Gasteiger partial charge on any atom is -0.378 e. The molecule has 0 radical (unpaired) electrons. The highest BCUT2D eigenvalue weighted by Gasteiger charge is 2.33. The van der Waals surface area contributed by atoms with Gasteiger partial charge in [-0.15, -0.1) is 0 Å². The molecule has 0 saturated carbocycles. The Morgan fingerprint density at radius 2 is 1.74 bits per heavy atom. The minimum atomic E-state index is -4.37. The molecule has 4 rings (SSSR count). The van der Waals surface area contributed by atoms with Crippen molar-refractivity contribution in [1.82, 2.24) is 4.90 Å². The number of halogens is 3. The van der Waals surface area contributed by atoms with Crippen molar-refractivity contribution in [3.05, 3.63) is 48.0 Å². The van der Waals surface area contributed by atoms with Crippen LogP contribution in [0.3, 0.4) is 0 Å². The van der Waals surface area contributed by atoms with Crippen LogP contribution >= 0.6 is 11.8 Å². The number of fused-ring (bicyclic) bond motifs is 2. The van der Waals surface area contributed by atoms with E-state index in [9.17, 15) is 13.2 Å². The van der Waals surface area contributed by atoms with E-state index in [1.54, 1.807) is 6.07 Å². The van der Waals surface area contributed by atoms with Gasteiger partial charge in [0, 0.05) is 28.9 Å². The van der Waals surface area contributed by atoms with Crippen LogP contribution in [0.1, 0.15) is 5.56 Å². The molecule has 27 heavy (non-hydrogen) atoms. The summed E-state index contributed by atoms with van der Waals surface area (Å²) in [5.74, 6) is 3.12. The fourth-order valence-corrected chi connectivity index (χ4v) is 4.15. The van der Waals surface area contributed by atoms with E-state index < -0.39 is 11.7 Å². The molecule has 0 bridgehead atoms. The van der Waals surface area contributed by atoms with E-state index >= 15 is 0 Å². The maximum atomic E-state index is 13.2. The standard InChI is InChI=1S/C20H17F3N2OS/c21-20(22,23)15-6-7-19-17(14-15)25(16-4-1-2-5-18(16)27-19)9-3-8-24-10-12-26-13-11-24/h1-2,4-7,14H,9-13H2. The Morgan fingerprint density at radius 3 is 2.52 bits per heavy atom. The summed E-state index contributed by atoms with van der Waals surface area (Å²) in [7, 11) is 0. The van der Waals surface area contributed by atoms with Crippen LogP contribution in [-0.4, -0.2) is 37.7 Å². The van der Waals surface area contributed by atoms with Gasteiger partial charge in [-0.3, -0.25) is 0 Å². The van der Waals surface area contributed by atoms with Crippen molar-refractivity contribution in [3.63, 3.8) is 0 Å². The molecule has 7 heteroatoms. The van der Waals surface area contributed by atoms with Gasteiger partial charge >= 0.3 is 6.18 Å². The number of para-hydroxylation sites is 1. The molecule has 0 spiro atoms. The van der Waals surface area contributed by atoms with E-state index in [0.29, 0.717) is 25.4 Å². The fraction of sp³-hybridized carbons (Fsp3) is 0.300. The second kappa shape index (κ2) is 7.37. The normalized spacial score (nSPS) is 16.3. The van der Waals surface area contributed by atoms with Gasteiger partial charge in [0.15, 0.2) is 0 Å². The zero-order chi connectivity index (χ0) is 18.9. The first kappa shape index (κ1) is 18.1. The summed E-state index contributed by atoms with van der Waals surface area (Å²) in [6.07, 6.45) is -4.37. The number of benzene rings is 2. The summed E-state index contributed by atoms with van der Waals surface area (Å²) in [5.41, 5.74) is 0.780. The zero-order valence-electron chi connectivity index (χ0n) is 14.4. The smallest absolute Gasteiger partial charge is 0.378 e. The lowest BCUT2D eigenvalue weighted by atomic mass is 10.1. The van der Waals surface area contributed by atoms with Crippen molar-refractivity contribution in [2.45, 2.75) is 16.0 Å². The van der Waals surface area contributed by atoms with Crippen LogP contribution in [0.5, 0.6) is 0 Å². The average Bonchev–Trinajstić information content (AvgIpc) is 2.67. The van der Waals surface area contributed by atoms with Crippen LogP contribution in [0.4, 0.5) is 24.5 Å². The molecule has 0 N–H and O–H groups in total. The third-order valence-corrected chi connectivity index (χ3v) is 5.57. The fourth-order valence-electron chi connectivity index (χ4n) is 3.08. The van der Waals surface area contributed by atoms with Gasteiger partial charge in [0.25, 0.3) is 0 Å².